The molecule has 6 nitrogen and oxygen atoms in total. The third-order valence-electron chi connectivity index (χ3n) is 8.33. The number of Topliss-reactive ketones (excluding diaryl/α,β-unsaturated/α-hetero) is 1. The summed E-state index contributed by atoms with van der Waals surface area (Å²) in [4.78, 5) is 25.6. The summed E-state index contributed by atoms with van der Waals surface area (Å²) < 4.78 is 9.88. The Hall–Kier alpha value is -3.10. The lowest BCUT2D eigenvalue weighted by molar-refractivity contribution is -0.138. The number of hydrogen-bond acceptors (Lipinski definition) is 6. The van der Waals surface area contributed by atoms with Gasteiger partial charge in [0, 0.05) is 27.8 Å². The van der Waals surface area contributed by atoms with Crippen molar-refractivity contribution in [2.24, 2.45) is 0 Å². The molecule has 0 saturated carbocycles. The summed E-state index contributed by atoms with van der Waals surface area (Å²) in [5, 5.41) is 1.60. The molecular formula is C35H39ClN4O2S. The second-order valence-corrected chi connectivity index (χ2v) is 14.3. The minimum absolute atomic E-state index is 0.0275. The molecule has 0 radical (unpaired) electrons. The van der Waals surface area contributed by atoms with Gasteiger partial charge in [-0.3, -0.25) is 4.79 Å². The molecule has 6 rings (SSSR count). The minimum Gasteiger partial charge on any atom is -0.360 e. The monoisotopic (exact) mass is 614 g/mol. The zero-order valence-corrected chi connectivity index (χ0v) is 27.6. The molecule has 1 saturated heterocycles. The van der Waals surface area contributed by atoms with Crippen molar-refractivity contribution in [3.8, 4) is 21.7 Å². The normalized spacial score (nSPS) is 15.9. The molecule has 0 amide bonds. The van der Waals surface area contributed by atoms with E-state index in [4.69, 9.17) is 26.3 Å². The van der Waals surface area contributed by atoms with Crippen LogP contribution < -0.4 is 0 Å². The number of aromatic nitrogens is 3. The van der Waals surface area contributed by atoms with Gasteiger partial charge >= 0.3 is 0 Å². The molecular weight excluding hydrogens is 576 g/mol. The number of halogens is 1. The van der Waals surface area contributed by atoms with Crippen molar-refractivity contribution in [2.75, 3.05) is 20.1 Å². The zero-order chi connectivity index (χ0) is 30.6. The molecule has 224 valence electrons. The van der Waals surface area contributed by atoms with Gasteiger partial charge in [-0.05, 0) is 122 Å². The molecule has 0 bridgehead atoms. The van der Waals surface area contributed by atoms with Crippen LogP contribution in [0, 0.1) is 13.8 Å². The van der Waals surface area contributed by atoms with Crippen molar-refractivity contribution in [3.63, 3.8) is 0 Å². The average Bonchev–Trinajstić information content (AvgIpc) is 3.51. The fourth-order valence-electron chi connectivity index (χ4n) is 6.33. The van der Waals surface area contributed by atoms with Gasteiger partial charge in [-0.25, -0.2) is 9.97 Å². The number of fused-ring (bicyclic) bond motifs is 2. The molecule has 0 N–H and O–H groups in total. The van der Waals surface area contributed by atoms with Crippen molar-refractivity contribution in [1.29, 1.82) is 0 Å². The van der Waals surface area contributed by atoms with Crippen molar-refractivity contribution < 1.29 is 9.53 Å². The van der Waals surface area contributed by atoms with E-state index < -0.39 is 11.7 Å². The van der Waals surface area contributed by atoms with E-state index in [9.17, 15) is 4.79 Å². The second-order valence-electron chi connectivity index (χ2n) is 12.8. The van der Waals surface area contributed by atoms with Crippen molar-refractivity contribution in [3.05, 3.63) is 70.5 Å². The van der Waals surface area contributed by atoms with E-state index in [1.54, 1.807) is 18.3 Å². The number of thiazole rings is 1. The van der Waals surface area contributed by atoms with Crippen molar-refractivity contribution >= 4 is 50.0 Å². The number of likely N-dealkylation sites (tertiary alicyclic amines) is 1. The number of hydrogen-bond donors (Lipinski definition) is 0. The first-order valence-corrected chi connectivity index (χ1v) is 16.1. The Labute approximate surface area is 262 Å². The van der Waals surface area contributed by atoms with Crippen LogP contribution in [0.3, 0.4) is 0 Å². The number of benzene rings is 3. The lowest BCUT2D eigenvalue weighted by atomic mass is 9.90. The van der Waals surface area contributed by atoms with E-state index in [1.807, 2.05) is 52.0 Å². The summed E-state index contributed by atoms with van der Waals surface area (Å²) in [7, 11) is 2.19. The van der Waals surface area contributed by atoms with E-state index in [-0.39, 0.29) is 5.78 Å². The van der Waals surface area contributed by atoms with E-state index in [0.29, 0.717) is 11.1 Å². The van der Waals surface area contributed by atoms with Crippen LogP contribution in [-0.4, -0.2) is 51.0 Å². The van der Waals surface area contributed by atoms with E-state index in [1.165, 1.54) is 0 Å². The molecule has 8 heteroatoms. The number of carbonyl (C=O) groups excluding carboxylic acids is 1. The van der Waals surface area contributed by atoms with E-state index >= 15 is 0 Å². The lowest BCUT2D eigenvalue weighted by Gasteiger charge is -2.30. The van der Waals surface area contributed by atoms with Gasteiger partial charge in [-0.15, -0.1) is 11.3 Å². The fraction of sp³-hybridized carbons (Fsp3) is 0.400. The SMILES string of the molecule is CC(=O)[C@@H](OC(C)(C)C)c1c(C)cc2nc(-c3ccc4nc(C)n(C5CCN(C)CC5)c4c3)sc2c1-c1ccc(Cl)cc1. The quantitative estimate of drug-likeness (QED) is 0.191. The summed E-state index contributed by atoms with van der Waals surface area (Å²) >= 11 is 7.96. The number of carbonyl (C=O) groups is 1. The highest BCUT2D eigenvalue weighted by Gasteiger charge is 2.31. The molecule has 3 heterocycles. The van der Waals surface area contributed by atoms with E-state index in [2.05, 4.69) is 47.7 Å². The van der Waals surface area contributed by atoms with E-state index in [0.717, 1.165) is 85.8 Å². The lowest BCUT2D eigenvalue weighted by Crippen LogP contribution is -2.31. The van der Waals surface area contributed by atoms with Crippen LogP contribution in [-0.2, 0) is 9.53 Å². The first-order valence-electron chi connectivity index (χ1n) is 15.0. The maximum absolute atomic E-state index is 13.1. The Morgan fingerprint density at radius 3 is 2.33 bits per heavy atom. The van der Waals surface area contributed by atoms with Gasteiger partial charge in [0.1, 0.15) is 16.9 Å². The number of aryl methyl sites for hydroxylation is 2. The van der Waals surface area contributed by atoms with Crippen molar-refractivity contribution in [1.82, 2.24) is 19.4 Å². The number of rotatable bonds is 6. The standard InChI is InChI=1S/C35H39ClN4O2S/c1-20-18-28-33(31(23-8-11-25(36)12-9-23)30(20)32(21(2)41)42-35(4,5)6)43-34(38-28)24-10-13-27-29(19-24)40(22(3)37-27)26-14-16-39(7)17-15-26/h8-13,18-19,26,32H,14-17H2,1-7H3/t32-/m1/s1. The molecule has 1 fully saturated rings. The van der Waals surface area contributed by atoms with Crippen LogP contribution in [0.5, 0.6) is 0 Å². The Balaban J connectivity index is 1.54. The molecule has 0 aliphatic carbocycles. The largest absolute Gasteiger partial charge is 0.360 e. The summed E-state index contributed by atoms with van der Waals surface area (Å²) in [5.41, 5.74) is 7.48. The van der Waals surface area contributed by atoms with Crippen LogP contribution >= 0.6 is 22.9 Å². The Morgan fingerprint density at radius 2 is 1.67 bits per heavy atom. The van der Waals surface area contributed by atoms with Gasteiger partial charge in [0.2, 0.25) is 0 Å². The zero-order valence-electron chi connectivity index (χ0n) is 26.0. The van der Waals surface area contributed by atoms with Gasteiger partial charge in [-0.1, -0.05) is 23.7 Å². The van der Waals surface area contributed by atoms with Crippen LogP contribution in [0.1, 0.15) is 69.6 Å². The number of imidazole rings is 1. The second kappa shape index (κ2) is 11.4. The number of ketones is 1. The Morgan fingerprint density at radius 1 is 1.00 bits per heavy atom. The Bertz CT molecular complexity index is 1830. The van der Waals surface area contributed by atoms with Crippen LogP contribution in [0.25, 0.3) is 42.9 Å². The van der Waals surface area contributed by atoms with Crippen LogP contribution in [0.4, 0.5) is 0 Å². The highest BCUT2D eigenvalue weighted by molar-refractivity contribution is 7.22. The molecule has 43 heavy (non-hydrogen) atoms. The molecule has 1 aliphatic rings. The summed E-state index contributed by atoms with van der Waals surface area (Å²) in [6.45, 7) is 13.9. The third-order valence-corrected chi connectivity index (χ3v) is 9.72. The molecule has 2 aromatic heterocycles. The highest BCUT2D eigenvalue weighted by atomic mass is 35.5. The van der Waals surface area contributed by atoms with Gasteiger partial charge in [-0.2, -0.15) is 0 Å². The predicted octanol–water partition coefficient (Wildman–Crippen LogP) is 8.96. The average molecular weight is 615 g/mol. The van der Waals surface area contributed by atoms with Gasteiger partial charge in [0.05, 0.1) is 26.9 Å². The number of nitrogens with zero attached hydrogens (tertiary/aromatic N) is 4. The number of ether oxygens (including phenoxy) is 1. The predicted molar refractivity (Wildman–Crippen MR) is 178 cm³/mol. The first-order chi connectivity index (χ1) is 20.4. The van der Waals surface area contributed by atoms with Gasteiger partial charge in [0.15, 0.2) is 5.78 Å². The summed E-state index contributed by atoms with van der Waals surface area (Å²) in [5.74, 6) is 1.03. The number of piperidine rings is 1. The summed E-state index contributed by atoms with van der Waals surface area (Å²) in [6.07, 6.45) is 1.53. The Kier molecular flexibility index (Phi) is 7.96. The molecule has 5 aromatic rings. The molecule has 1 atom stereocenters. The maximum atomic E-state index is 13.1. The fourth-order valence-corrected chi connectivity index (χ4v) is 7.58. The topological polar surface area (TPSA) is 60.2 Å². The molecule has 0 unspecified atom stereocenters. The maximum Gasteiger partial charge on any atom is 0.163 e. The van der Waals surface area contributed by atoms with Gasteiger partial charge in [0.25, 0.3) is 0 Å². The molecule has 1 aliphatic heterocycles. The van der Waals surface area contributed by atoms with Gasteiger partial charge < -0.3 is 14.2 Å². The summed E-state index contributed by atoms with van der Waals surface area (Å²) in [6, 6.07) is 16.9. The van der Waals surface area contributed by atoms with Crippen LogP contribution in [0.15, 0.2) is 48.5 Å². The molecule has 3 aromatic carbocycles. The van der Waals surface area contributed by atoms with Crippen LogP contribution in [0.2, 0.25) is 5.02 Å². The first kappa shape index (κ1) is 29.9. The highest BCUT2D eigenvalue weighted by Crippen LogP contribution is 2.45. The molecule has 0 spiro atoms. The third kappa shape index (κ3) is 5.88. The van der Waals surface area contributed by atoms with Crippen molar-refractivity contribution in [2.45, 2.75) is 72.1 Å². The minimum atomic E-state index is -0.705. The smallest absolute Gasteiger partial charge is 0.163 e.